The van der Waals surface area contributed by atoms with Gasteiger partial charge in [0.05, 0.1) is 12.0 Å². The van der Waals surface area contributed by atoms with Gasteiger partial charge in [-0.05, 0) is 81.1 Å². The molecule has 2 N–H and O–H groups in total. The first-order valence-corrected chi connectivity index (χ1v) is 10.9. The fourth-order valence-electron chi connectivity index (χ4n) is 4.97. The van der Waals surface area contributed by atoms with Crippen LogP contribution in [0.5, 0.6) is 0 Å². The molecule has 5 heteroatoms. The lowest BCUT2D eigenvalue weighted by Crippen LogP contribution is -2.40. The second kappa shape index (κ2) is 9.11. The van der Waals surface area contributed by atoms with Crippen molar-refractivity contribution >= 4 is 11.8 Å². The van der Waals surface area contributed by atoms with Crippen LogP contribution in [0.4, 0.5) is 0 Å². The normalized spacial score (nSPS) is 24.6. The summed E-state index contributed by atoms with van der Waals surface area (Å²) in [4.78, 5) is 23.4. The second-order valence-corrected chi connectivity index (χ2v) is 8.69. The highest BCUT2D eigenvalue weighted by atomic mass is 16.5. The van der Waals surface area contributed by atoms with Crippen molar-refractivity contribution in [2.75, 3.05) is 19.7 Å². The zero-order valence-corrected chi connectivity index (χ0v) is 17.0. The second-order valence-electron chi connectivity index (χ2n) is 8.69. The van der Waals surface area contributed by atoms with Crippen molar-refractivity contribution in [3.05, 3.63) is 35.4 Å². The number of hydrogen-bond acceptors (Lipinski definition) is 4. The number of carbonyl (C=O) groups is 2. The van der Waals surface area contributed by atoms with Gasteiger partial charge >= 0.3 is 0 Å². The summed E-state index contributed by atoms with van der Waals surface area (Å²) in [6.07, 6.45) is 8.75. The largest absolute Gasteiger partial charge is 0.366 e. The first kappa shape index (κ1) is 20.1. The van der Waals surface area contributed by atoms with Crippen LogP contribution in [0, 0.1) is 17.3 Å². The minimum atomic E-state index is -0.268. The van der Waals surface area contributed by atoms with Gasteiger partial charge in [0, 0.05) is 12.0 Å². The average molecular weight is 395 g/mol. The lowest BCUT2D eigenvalue weighted by atomic mass is 9.68. The lowest BCUT2D eigenvalue weighted by Gasteiger charge is -2.42. The minimum Gasteiger partial charge on any atom is -0.366 e. The molecule has 1 aliphatic carbocycles. The predicted molar refractivity (Wildman–Crippen MR) is 111 cm³/mol. The van der Waals surface area contributed by atoms with Gasteiger partial charge in [0.2, 0.25) is 11.8 Å². The molecule has 5 nitrogen and oxygen atoms in total. The third-order valence-corrected chi connectivity index (χ3v) is 6.81. The third-order valence-electron chi connectivity index (χ3n) is 6.81. The first-order chi connectivity index (χ1) is 14.1. The van der Waals surface area contributed by atoms with E-state index in [0.717, 1.165) is 37.1 Å². The van der Waals surface area contributed by atoms with Gasteiger partial charge in [0.1, 0.15) is 6.61 Å². The van der Waals surface area contributed by atoms with Crippen LogP contribution in [0.3, 0.4) is 0 Å². The van der Waals surface area contributed by atoms with E-state index in [-0.39, 0.29) is 17.7 Å². The molecule has 3 aliphatic rings. The van der Waals surface area contributed by atoms with Crippen LogP contribution in [0.25, 0.3) is 0 Å². The first-order valence-electron chi connectivity index (χ1n) is 10.9. The summed E-state index contributed by atoms with van der Waals surface area (Å²) < 4.78 is 6.02. The lowest BCUT2D eigenvalue weighted by molar-refractivity contribution is -0.134. The number of rotatable bonds is 3. The van der Waals surface area contributed by atoms with Crippen LogP contribution in [-0.4, -0.2) is 37.6 Å². The van der Waals surface area contributed by atoms with Crippen molar-refractivity contribution in [1.82, 2.24) is 10.6 Å². The van der Waals surface area contributed by atoms with E-state index < -0.39 is 0 Å². The zero-order chi connectivity index (χ0) is 20.1. The number of benzene rings is 1. The molecule has 1 aromatic rings. The van der Waals surface area contributed by atoms with Gasteiger partial charge < -0.3 is 10.1 Å². The Bertz CT molecular complexity index is 807. The Balaban J connectivity index is 1.27. The van der Waals surface area contributed by atoms with E-state index >= 15 is 0 Å². The smallest absolute Gasteiger partial charge is 0.234 e. The summed E-state index contributed by atoms with van der Waals surface area (Å²) in [7, 11) is 0. The van der Waals surface area contributed by atoms with E-state index in [1.54, 1.807) is 0 Å². The van der Waals surface area contributed by atoms with Crippen LogP contribution in [0.15, 0.2) is 24.3 Å². The summed E-state index contributed by atoms with van der Waals surface area (Å²) >= 11 is 0. The highest BCUT2D eigenvalue weighted by Gasteiger charge is 2.36. The van der Waals surface area contributed by atoms with E-state index in [1.807, 2.05) is 24.3 Å². The third kappa shape index (κ3) is 5.07. The molecule has 0 bridgehead atoms. The van der Waals surface area contributed by atoms with Crippen LogP contribution in [0.2, 0.25) is 0 Å². The molecule has 0 radical (unpaired) electrons. The Hall–Kier alpha value is -2.16. The van der Waals surface area contributed by atoms with Gasteiger partial charge in [-0.1, -0.05) is 24.0 Å². The van der Waals surface area contributed by atoms with Crippen LogP contribution >= 0.6 is 0 Å². The molecular weight excluding hydrogens is 364 g/mol. The number of ether oxygens (including phenoxy) is 1. The van der Waals surface area contributed by atoms with Crippen molar-refractivity contribution in [2.24, 2.45) is 5.41 Å². The standard InChI is InChI=1S/C24H30N2O3/c27-22-7-6-21(23(28)26-22)19-5-1-3-18(17-19)4-2-16-29-20-8-10-24(11-9-20)12-14-25-15-13-24/h1,3,5,17,20-21,25H,6-16H2,(H,26,27,28). The average Bonchev–Trinajstić information content (AvgIpc) is 2.73. The maximum Gasteiger partial charge on any atom is 0.234 e. The van der Waals surface area contributed by atoms with Crippen molar-refractivity contribution in [1.29, 1.82) is 0 Å². The molecular formula is C24H30N2O3. The highest BCUT2D eigenvalue weighted by Crippen LogP contribution is 2.43. The van der Waals surface area contributed by atoms with Gasteiger partial charge in [0.15, 0.2) is 0 Å². The maximum atomic E-state index is 12.1. The van der Waals surface area contributed by atoms with Gasteiger partial charge in [-0.25, -0.2) is 0 Å². The Kier molecular flexibility index (Phi) is 6.32. The molecule has 1 unspecified atom stereocenters. The van der Waals surface area contributed by atoms with Crippen molar-refractivity contribution < 1.29 is 14.3 Å². The fourth-order valence-corrected chi connectivity index (χ4v) is 4.97. The molecule has 1 spiro atoms. The Morgan fingerprint density at radius 3 is 2.62 bits per heavy atom. The maximum absolute atomic E-state index is 12.1. The van der Waals surface area contributed by atoms with Crippen molar-refractivity contribution in [3.8, 4) is 11.8 Å². The number of nitrogens with one attached hydrogen (secondary N) is 2. The number of carbonyl (C=O) groups excluding carboxylic acids is 2. The molecule has 2 saturated heterocycles. The monoisotopic (exact) mass is 394 g/mol. The molecule has 1 atom stereocenters. The van der Waals surface area contributed by atoms with Gasteiger partial charge in [0.25, 0.3) is 0 Å². The predicted octanol–water partition coefficient (Wildman–Crippen LogP) is 2.89. The summed E-state index contributed by atoms with van der Waals surface area (Å²) in [5, 5.41) is 5.89. The molecule has 2 heterocycles. The van der Waals surface area contributed by atoms with E-state index in [2.05, 4.69) is 22.5 Å². The van der Waals surface area contributed by atoms with E-state index in [9.17, 15) is 9.59 Å². The minimum absolute atomic E-state index is 0.187. The fraction of sp³-hybridized carbons (Fsp3) is 0.583. The summed E-state index contributed by atoms with van der Waals surface area (Å²) in [5.74, 6) is 5.63. The highest BCUT2D eigenvalue weighted by molar-refractivity contribution is 6.00. The van der Waals surface area contributed by atoms with Crippen LogP contribution in [0.1, 0.15) is 68.4 Å². The molecule has 154 valence electrons. The summed E-state index contributed by atoms with van der Waals surface area (Å²) in [6, 6.07) is 7.75. The summed E-state index contributed by atoms with van der Waals surface area (Å²) in [6.45, 7) is 2.77. The van der Waals surface area contributed by atoms with E-state index in [1.165, 1.54) is 25.7 Å². The number of hydrogen-bond donors (Lipinski definition) is 2. The number of imide groups is 1. The Morgan fingerprint density at radius 2 is 1.86 bits per heavy atom. The van der Waals surface area contributed by atoms with E-state index in [0.29, 0.717) is 31.0 Å². The number of piperidine rings is 2. The molecule has 1 saturated carbocycles. The molecule has 4 rings (SSSR count). The van der Waals surface area contributed by atoms with Gasteiger partial charge in [-0.15, -0.1) is 0 Å². The van der Waals surface area contributed by atoms with E-state index in [4.69, 9.17) is 4.74 Å². The molecule has 0 aromatic heterocycles. The van der Waals surface area contributed by atoms with Gasteiger partial charge in [-0.3, -0.25) is 14.9 Å². The Morgan fingerprint density at radius 1 is 1.07 bits per heavy atom. The quantitative estimate of drug-likeness (QED) is 0.611. The van der Waals surface area contributed by atoms with Gasteiger partial charge in [-0.2, -0.15) is 0 Å². The summed E-state index contributed by atoms with van der Waals surface area (Å²) in [5.41, 5.74) is 2.36. The molecule has 29 heavy (non-hydrogen) atoms. The van der Waals surface area contributed by atoms with Crippen LogP contribution in [-0.2, 0) is 14.3 Å². The molecule has 3 fully saturated rings. The van der Waals surface area contributed by atoms with Crippen LogP contribution < -0.4 is 10.6 Å². The molecule has 2 amide bonds. The number of amides is 2. The SMILES string of the molecule is O=C1CCC(c2cccc(C#CCOC3CCC4(CCNCC4)CC3)c2)C(=O)N1. The zero-order valence-electron chi connectivity index (χ0n) is 17.0. The van der Waals surface area contributed by atoms with Crippen molar-refractivity contribution in [2.45, 2.75) is 63.4 Å². The topological polar surface area (TPSA) is 67.4 Å². The van der Waals surface area contributed by atoms with Crippen molar-refractivity contribution in [3.63, 3.8) is 0 Å². The molecule has 2 aliphatic heterocycles. The molecule has 1 aromatic carbocycles. The Labute approximate surface area is 173 Å².